The Hall–Kier alpha value is -2.93. The molecule has 0 spiro atoms. The second-order valence-corrected chi connectivity index (χ2v) is 6.89. The third-order valence-electron chi connectivity index (χ3n) is 3.90. The summed E-state index contributed by atoms with van der Waals surface area (Å²) >= 11 is 1.35. The molecule has 7 heteroatoms. The molecule has 2 N–H and O–H groups in total. The van der Waals surface area contributed by atoms with Crippen LogP contribution in [0, 0.1) is 0 Å². The number of imidazole rings is 1. The third-order valence-corrected chi connectivity index (χ3v) is 4.77. The van der Waals surface area contributed by atoms with Crippen molar-refractivity contribution in [2.45, 2.75) is 26.1 Å². The topological polar surface area (TPSA) is 76.0 Å². The van der Waals surface area contributed by atoms with E-state index in [9.17, 15) is 9.59 Å². The number of nitrogens with one attached hydrogen (secondary N) is 2. The minimum absolute atomic E-state index is 0.211. The number of thiophene rings is 1. The lowest BCUT2D eigenvalue weighted by Gasteiger charge is -2.14. The molecule has 0 fully saturated rings. The van der Waals surface area contributed by atoms with E-state index in [4.69, 9.17) is 0 Å². The zero-order valence-corrected chi connectivity index (χ0v) is 15.2. The largest absolute Gasteiger partial charge is 0.350 e. The molecule has 0 saturated heterocycles. The van der Waals surface area contributed by atoms with Crippen molar-refractivity contribution >= 4 is 23.2 Å². The van der Waals surface area contributed by atoms with E-state index >= 15 is 0 Å². The number of hydrogen-bond acceptors (Lipinski definition) is 4. The summed E-state index contributed by atoms with van der Waals surface area (Å²) in [5, 5.41) is 7.38. The predicted octanol–water partition coefficient (Wildman–Crippen LogP) is 2.43. The van der Waals surface area contributed by atoms with Crippen LogP contribution in [0.3, 0.4) is 0 Å². The highest BCUT2D eigenvalue weighted by atomic mass is 32.1. The first-order chi connectivity index (χ1) is 12.6. The monoisotopic (exact) mass is 368 g/mol. The van der Waals surface area contributed by atoms with Crippen molar-refractivity contribution in [2.24, 2.45) is 0 Å². The summed E-state index contributed by atoms with van der Waals surface area (Å²) in [6.45, 7) is 2.86. The van der Waals surface area contributed by atoms with Gasteiger partial charge in [-0.25, -0.2) is 4.98 Å². The fourth-order valence-electron chi connectivity index (χ4n) is 2.44. The maximum Gasteiger partial charge on any atom is 0.261 e. The Kier molecular flexibility index (Phi) is 5.80. The lowest BCUT2D eigenvalue weighted by Crippen LogP contribution is -2.44. The van der Waals surface area contributed by atoms with E-state index in [1.165, 1.54) is 11.3 Å². The number of amides is 2. The first kappa shape index (κ1) is 17.9. The molecule has 0 aliphatic heterocycles. The van der Waals surface area contributed by atoms with E-state index in [0.717, 1.165) is 17.7 Å². The lowest BCUT2D eigenvalue weighted by atomic mass is 10.1. The molecular weight excluding hydrogens is 348 g/mol. The number of rotatable bonds is 7. The second-order valence-electron chi connectivity index (χ2n) is 5.94. The number of nitrogens with zero attached hydrogens (tertiary/aromatic N) is 2. The number of hydrogen-bond donors (Lipinski definition) is 2. The molecule has 0 bridgehead atoms. The van der Waals surface area contributed by atoms with Crippen LogP contribution in [-0.2, 0) is 17.9 Å². The molecule has 6 nitrogen and oxygen atoms in total. The van der Waals surface area contributed by atoms with E-state index in [0.29, 0.717) is 11.4 Å². The van der Waals surface area contributed by atoms with Crippen molar-refractivity contribution in [3.63, 3.8) is 0 Å². The third kappa shape index (κ3) is 4.80. The van der Waals surface area contributed by atoms with Crippen LogP contribution in [0.2, 0.25) is 0 Å². The van der Waals surface area contributed by atoms with E-state index < -0.39 is 6.04 Å². The zero-order valence-electron chi connectivity index (χ0n) is 14.4. The summed E-state index contributed by atoms with van der Waals surface area (Å²) in [5.74, 6) is -0.441. The Morgan fingerprint density at radius 1 is 1.19 bits per heavy atom. The van der Waals surface area contributed by atoms with Crippen LogP contribution in [0.1, 0.15) is 27.7 Å². The Labute approximate surface area is 155 Å². The molecule has 2 amide bonds. The predicted molar refractivity (Wildman–Crippen MR) is 101 cm³/mol. The maximum absolute atomic E-state index is 12.2. The van der Waals surface area contributed by atoms with Crippen molar-refractivity contribution in [1.82, 2.24) is 20.2 Å². The number of carbonyl (C=O) groups is 2. The lowest BCUT2D eigenvalue weighted by molar-refractivity contribution is -0.122. The number of carbonyl (C=O) groups excluding carboxylic acids is 2. The van der Waals surface area contributed by atoms with Crippen LogP contribution in [0.4, 0.5) is 0 Å². The first-order valence-electron chi connectivity index (χ1n) is 8.27. The van der Waals surface area contributed by atoms with Crippen LogP contribution in [0.25, 0.3) is 0 Å². The minimum atomic E-state index is -0.592. The van der Waals surface area contributed by atoms with Gasteiger partial charge in [-0.3, -0.25) is 9.59 Å². The molecule has 26 heavy (non-hydrogen) atoms. The molecule has 2 aromatic heterocycles. The van der Waals surface area contributed by atoms with Gasteiger partial charge in [-0.2, -0.15) is 0 Å². The molecule has 1 aromatic carbocycles. The van der Waals surface area contributed by atoms with Gasteiger partial charge in [0.2, 0.25) is 5.91 Å². The average molecular weight is 368 g/mol. The quantitative estimate of drug-likeness (QED) is 0.672. The standard InChI is InChI=1S/C19H20N4O2S/c1-14(22-19(25)17-3-2-10-26-17)18(24)21-11-15-4-6-16(7-5-15)12-23-9-8-20-13-23/h2-10,13-14H,11-12H2,1H3,(H,21,24)(H,22,25). The molecule has 3 aromatic rings. The van der Waals surface area contributed by atoms with Crippen molar-refractivity contribution in [2.75, 3.05) is 0 Å². The van der Waals surface area contributed by atoms with Gasteiger partial charge < -0.3 is 15.2 Å². The van der Waals surface area contributed by atoms with Crippen LogP contribution in [0.15, 0.2) is 60.5 Å². The maximum atomic E-state index is 12.2. The van der Waals surface area contributed by atoms with Crippen molar-refractivity contribution in [3.05, 3.63) is 76.5 Å². The van der Waals surface area contributed by atoms with Gasteiger partial charge in [0.25, 0.3) is 5.91 Å². The minimum Gasteiger partial charge on any atom is -0.350 e. The molecule has 0 saturated carbocycles. The summed E-state index contributed by atoms with van der Waals surface area (Å²) in [4.78, 5) is 28.8. The van der Waals surface area contributed by atoms with E-state index in [-0.39, 0.29) is 11.8 Å². The fourth-order valence-corrected chi connectivity index (χ4v) is 3.06. The van der Waals surface area contributed by atoms with E-state index in [1.807, 2.05) is 40.4 Å². The van der Waals surface area contributed by atoms with Crippen LogP contribution >= 0.6 is 11.3 Å². The number of aromatic nitrogens is 2. The average Bonchev–Trinajstić information content (AvgIpc) is 3.34. The molecule has 0 aliphatic carbocycles. The van der Waals surface area contributed by atoms with Crippen LogP contribution < -0.4 is 10.6 Å². The molecule has 0 aliphatic rings. The van der Waals surface area contributed by atoms with Crippen molar-refractivity contribution in [1.29, 1.82) is 0 Å². The summed E-state index contributed by atoms with van der Waals surface area (Å²) < 4.78 is 1.99. The van der Waals surface area contributed by atoms with Gasteiger partial charge in [0, 0.05) is 25.5 Å². The first-order valence-corrected chi connectivity index (χ1v) is 9.15. The van der Waals surface area contributed by atoms with Gasteiger partial charge in [0.1, 0.15) is 6.04 Å². The Balaban J connectivity index is 1.47. The number of benzene rings is 1. The highest BCUT2D eigenvalue weighted by Crippen LogP contribution is 2.09. The van der Waals surface area contributed by atoms with Crippen LogP contribution in [0.5, 0.6) is 0 Å². The van der Waals surface area contributed by atoms with Crippen LogP contribution in [-0.4, -0.2) is 27.4 Å². The normalized spacial score (nSPS) is 11.7. The summed E-state index contributed by atoms with van der Waals surface area (Å²) in [6, 6.07) is 11.0. The molecule has 134 valence electrons. The molecule has 1 unspecified atom stereocenters. The van der Waals surface area contributed by atoms with Gasteiger partial charge in [-0.1, -0.05) is 30.3 Å². The van der Waals surface area contributed by atoms with Crippen molar-refractivity contribution < 1.29 is 9.59 Å². The fraction of sp³-hybridized carbons (Fsp3) is 0.211. The summed E-state index contributed by atoms with van der Waals surface area (Å²) in [7, 11) is 0. The summed E-state index contributed by atoms with van der Waals surface area (Å²) in [5.41, 5.74) is 2.17. The Morgan fingerprint density at radius 2 is 1.96 bits per heavy atom. The van der Waals surface area contributed by atoms with Gasteiger partial charge >= 0.3 is 0 Å². The second kappa shape index (κ2) is 8.44. The SMILES string of the molecule is CC(NC(=O)c1cccs1)C(=O)NCc1ccc(Cn2ccnc2)cc1. The Bertz CT molecular complexity index is 842. The van der Waals surface area contributed by atoms with E-state index in [2.05, 4.69) is 15.6 Å². The highest BCUT2D eigenvalue weighted by molar-refractivity contribution is 7.12. The smallest absolute Gasteiger partial charge is 0.261 e. The summed E-state index contributed by atoms with van der Waals surface area (Å²) in [6.07, 6.45) is 5.45. The molecular formula is C19H20N4O2S. The highest BCUT2D eigenvalue weighted by Gasteiger charge is 2.16. The zero-order chi connectivity index (χ0) is 18.4. The molecule has 3 rings (SSSR count). The van der Waals surface area contributed by atoms with Gasteiger partial charge in [-0.05, 0) is 29.5 Å². The van der Waals surface area contributed by atoms with Crippen molar-refractivity contribution in [3.8, 4) is 0 Å². The molecule has 1 atom stereocenters. The Morgan fingerprint density at radius 3 is 2.62 bits per heavy atom. The van der Waals surface area contributed by atoms with Gasteiger partial charge in [-0.15, -0.1) is 11.3 Å². The molecule has 2 heterocycles. The van der Waals surface area contributed by atoms with Gasteiger partial charge in [0.15, 0.2) is 0 Å². The van der Waals surface area contributed by atoms with E-state index in [1.54, 1.807) is 31.6 Å². The molecule has 0 radical (unpaired) electrons. The van der Waals surface area contributed by atoms with Gasteiger partial charge in [0.05, 0.1) is 11.2 Å².